The van der Waals surface area contributed by atoms with Crippen LogP contribution in [0.25, 0.3) is 11.3 Å². The second-order valence-electron chi connectivity index (χ2n) is 6.04. The van der Waals surface area contributed by atoms with Gasteiger partial charge in [0.1, 0.15) is 5.75 Å². The number of carbonyl (C=O) groups excluding carboxylic acids is 1. The number of pyridine rings is 1. The largest absolute Gasteiger partial charge is 0.497 e. The molecule has 1 amide bonds. The van der Waals surface area contributed by atoms with Crippen LogP contribution >= 0.6 is 0 Å². The molecule has 0 aliphatic rings. The topological polar surface area (TPSA) is 69.7 Å². The molecule has 0 spiro atoms. The van der Waals surface area contributed by atoms with Gasteiger partial charge in [0.05, 0.1) is 32.6 Å². The summed E-state index contributed by atoms with van der Waals surface area (Å²) < 4.78 is 15.7. The lowest BCUT2D eigenvalue weighted by Crippen LogP contribution is -2.22. The molecule has 0 aliphatic heterocycles. The van der Waals surface area contributed by atoms with Gasteiger partial charge in [-0.1, -0.05) is 18.2 Å². The zero-order valence-electron chi connectivity index (χ0n) is 16.1. The lowest BCUT2D eigenvalue weighted by Gasteiger charge is -2.10. The van der Waals surface area contributed by atoms with E-state index in [9.17, 15) is 4.79 Å². The molecule has 3 aromatic rings. The second kappa shape index (κ2) is 8.90. The Morgan fingerprint density at radius 1 is 0.929 bits per heavy atom. The average molecular weight is 378 g/mol. The number of nitrogens with zero attached hydrogens (tertiary/aromatic N) is 1. The van der Waals surface area contributed by atoms with E-state index in [4.69, 9.17) is 14.2 Å². The number of amides is 1. The summed E-state index contributed by atoms with van der Waals surface area (Å²) in [6, 6.07) is 16.7. The van der Waals surface area contributed by atoms with Crippen molar-refractivity contribution in [3.8, 4) is 28.5 Å². The molecule has 6 nitrogen and oxygen atoms in total. The third kappa shape index (κ3) is 4.40. The zero-order valence-corrected chi connectivity index (χ0v) is 16.1. The third-order valence-electron chi connectivity index (χ3n) is 4.29. The number of methoxy groups -OCH3 is 3. The van der Waals surface area contributed by atoms with Crippen molar-refractivity contribution in [3.05, 3.63) is 71.9 Å². The Bertz CT molecular complexity index is 955. The molecule has 2 aromatic carbocycles. The Labute approximate surface area is 164 Å². The SMILES string of the molecule is COc1cccc(-c2ccc(C(=O)NCc3ccc(OC)c(OC)c3)cn2)c1. The molecule has 3 rings (SSSR count). The van der Waals surface area contributed by atoms with Crippen LogP contribution in [0.2, 0.25) is 0 Å². The van der Waals surface area contributed by atoms with Crippen LogP contribution in [0.4, 0.5) is 0 Å². The molecule has 0 radical (unpaired) electrons. The van der Waals surface area contributed by atoms with E-state index < -0.39 is 0 Å². The molecule has 28 heavy (non-hydrogen) atoms. The summed E-state index contributed by atoms with van der Waals surface area (Å²) >= 11 is 0. The maximum atomic E-state index is 12.4. The van der Waals surface area contributed by atoms with Crippen molar-refractivity contribution < 1.29 is 19.0 Å². The van der Waals surface area contributed by atoms with Gasteiger partial charge in [-0.05, 0) is 42.0 Å². The Balaban J connectivity index is 1.66. The molecule has 0 bridgehead atoms. The van der Waals surface area contributed by atoms with E-state index in [2.05, 4.69) is 10.3 Å². The highest BCUT2D eigenvalue weighted by Gasteiger charge is 2.09. The summed E-state index contributed by atoms with van der Waals surface area (Å²) in [4.78, 5) is 16.8. The van der Waals surface area contributed by atoms with Crippen molar-refractivity contribution in [3.63, 3.8) is 0 Å². The highest BCUT2D eigenvalue weighted by Crippen LogP contribution is 2.27. The molecule has 0 saturated carbocycles. The summed E-state index contributed by atoms with van der Waals surface area (Å²) in [5.41, 5.74) is 3.10. The highest BCUT2D eigenvalue weighted by molar-refractivity contribution is 5.94. The summed E-state index contributed by atoms with van der Waals surface area (Å²) in [5, 5.41) is 2.89. The first-order valence-electron chi connectivity index (χ1n) is 8.74. The lowest BCUT2D eigenvalue weighted by molar-refractivity contribution is 0.0950. The standard InChI is InChI=1S/C22H22N2O4/c1-26-18-6-4-5-16(12-18)19-9-8-17(14-23-19)22(25)24-13-15-7-10-20(27-2)21(11-15)28-3/h4-12,14H,13H2,1-3H3,(H,24,25). The van der Waals surface area contributed by atoms with E-state index in [1.165, 1.54) is 0 Å². The van der Waals surface area contributed by atoms with Gasteiger partial charge >= 0.3 is 0 Å². The maximum absolute atomic E-state index is 12.4. The Kier molecular flexibility index (Phi) is 6.11. The molecule has 0 atom stereocenters. The van der Waals surface area contributed by atoms with Gasteiger partial charge in [0.25, 0.3) is 5.91 Å². The Morgan fingerprint density at radius 2 is 1.75 bits per heavy atom. The minimum absolute atomic E-state index is 0.195. The first kappa shape index (κ1) is 19.2. The van der Waals surface area contributed by atoms with Gasteiger partial charge in [0.15, 0.2) is 11.5 Å². The van der Waals surface area contributed by atoms with E-state index in [1.54, 1.807) is 33.6 Å². The zero-order chi connectivity index (χ0) is 19.9. The van der Waals surface area contributed by atoms with E-state index in [1.807, 2.05) is 48.5 Å². The molecular formula is C22H22N2O4. The molecule has 0 aliphatic carbocycles. The smallest absolute Gasteiger partial charge is 0.253 e. The molecule has 6 heteroatoms. The van der Waals surface area contributed by atoms with Crippen LogP contribution in [0.15, 0.2) is 60.8 Å². The van der Waals surface area contributed by atoms with Crippen LogP contribution in [0, 0.1) is 0 Å². The van der Waals surface area contributed by atoms with Crippen molar-refractivity contribution in [2.24, 2.45) is 0 Å². The number of ether oxygens (including phenoxy) is 3. The molecule has 144 valence electrons. The fourth-order valence-corrected chi connectivity index (χ4v) is 2.76. The van der Waals surface area contributed by atoms with E-state index in [-0.39, 0.29) is 5.91 Å². The number of rotatable bonds is 7. The molecular weight excluding hydrogens is 356 g/mol. The molecule has 0 saturated heterocycles. The summed E-state index contributed by atoms with van der Waals surface area (Å²) in [7, 11) is 4.79. The molecule has 0 unspecified atom stereocenters. The summed E-state index contributed by atoms with van der Waals surface area (Å²) in [6.07, 6.45) is 1.57. The first-order valence-corrected chi connectivity index (χ1v) is 8.74. The number of benzene rings is 2. The maximum Gasteiger partial charge on any atom is 0.253 e. The normalized spacial score (nSPS) is 10.2. The predicted octanol–water partition coefficient (Wildman–Crippen LogP) is 3.70. The van der Waals surface area contributed by atoms with Crippen molar-refractivity contribution in [2.45, 2.75) is 6.54 Å². The number of hydrogen-bond donors (Lipinski definition) is 1. The summed E-state index contributed by atoms with van der Waals surface area (Å²) in [6.45, 7) is 0.372. The van der Waals surface area contributed by atoms with E-state index in [0.29, 0.717) is 23.6 Å². The molecule has 1 N–H and O–H groups in total. The molecule has 0 fully saturated rings. The number of nitrogens with one attached hydrogen (secondary N) is 1. The summed E-state index contributed by atoms with van der Waals surface area (Å²) in [5.74, 6) is 1.84. The van der Waals surface area contributed by atoms with Gasteiger partial charge < -0.3 is 19.5 Å². The predicted molar refractivity (Wildman–Crippen MR) is 107 cm³/mol. The minimum Gasteiger partial charge on any atom is -0.497 e. The second-order valence-corrected chi connectivity index (χ2v) is 6.04. The minimum atomic E-state index is -0.195. The van der Waals surface area contributed by atoms with Gasteiger partial charge in [-0.2, -0.15) is 0 Å². The fraction of sp³-hybridized carbons (Fsp3) is 0.182. The molecule has 1 heterocycles. The van der Waals surface area contributed by atoms with E-state index in [0.717, 1.165) is 22.6 Å². The quantitative estimate of drug-likeness (QED) is 0.679. The number of aromatic nitrogens is 1. The van der Waals surface area contributed by atoms with Crippen LogP contribution in [-0.4, -0.2) is 32.2 Å². The fourth-order valence-electron chi connectivity index (χ4n) is 2.76. The van der Waals surface area contributed by atoms with Crippen molar-refractivity contribution in [1.29, 1.82) is 0 Å². The van der Waals surface area contributed by atoms with Crippen LogP contribution < -0.4 is 19.5 Å². The number of carbonyl (C=O) groups is 1. The third-order valence-corrected chi connectivity index (χ3v) is 4.29. The van der Waals surface area contributed by atoms with Gasteiger partial charge in [-0.15, -0.1) is 0 Å². The van der Waals surface area contributed by atoms with Crippen LogP contribution in [0.5, 0.6) is 17.2 Å². The van der Waals surface area contributed by atoms with Crippen LogP contribution in [0.3, 0.4) is 0 Å². The van der Waals surface area contributed by atoms with Crippen LogP contribution in [0.1, 0.15) is 15.9 Å². The van der Waals surface area contributed by atoms with Crippen LogP contribution in [-0.2, 0) is 6.54 Å². The Morgan fingerprint density at radius 3 is 2.43 bits per heavy atom. The van der Waals surface area contributed by atoms with Gasteiger partial charge in [0, 0.05) is 18.3 Å². The number of hydrogen-bond acceptors (Lipinski definition) is 5. The highest BCUT2D eigenvalue weighted by atomic mass is 16.5. The lowest BCUT2D eigenvalue weighted by atomic mass is 10.1. The first-order chi connectivity index (χ1) is 13.6. The molecule has 1 aromatic heterocycles. The van der Waals surface area contributed by atoms with Gasteiger partial charge in [-0.3, -0.25) is 9.78 Å². The Hall–Kier alpha value is -3.54. The van der Waals surface area contributed by atoms with Crippen molar-refractivity contribution in [2.75, 3.05) is 21.3 Å². The van der Waals surface area contributed by atoms with Crippen molar-refractivity contribution >= 4 is 5.91 Å². The van der Waals surface area contributed by atoms with Crippen molar-refractivity contribution in [1.82, 2.24) is 10.3 Å². The average Bonchev–Trinajstić information content (AvgIpc) is 2.77. The monoisotopic (exact) mass is 378 g/mol. The van der Waals surface area contributed by atoms with E-state index >= 15 is 0 Å². The van der Waals surface area contributed by atoms with Gasteiger partial charge in [-0.25, -0.2) is 0 Å². The van der Waals surface area contributed by atoms with Gasteiger partial charge in [0.2, 0.25) is 0 Å².